The van der Waals surface area contributed by atoms with E-state index < -0.39 is 23.8 Å². The lowest BCUT2D eigenvalue weighted by molar-refractivity contribution is -0.164. The van der Waals surface area contributed by atoms with Crippen molar-refractivity contribution < 1.29 is 24.2 Å². The number of hydrogen-bond donors (Lipinski definition) is 1. The van der Waals surface area contributed by atoms with Gasteiger partial charge in [-0.25, -0.2) is 9.59 Å². The molecule has 1 amide bonds. The molecule has 1 aliphatic rings. The van der Waals surface area contributed by atoms with Gasteiger partial charge < -0.3 is 14.6 Å². The Hall–Kier alpha value is -2.57. The summed E-state index contributed by atoms with van der Waals surface area (Å²) in [6.45, 7) is 10.1. The van der Waals surface area contributed by atoms with Gasteiger partial charge in [-0.05, 0) is 80.1 Å². The topological polar surface area (TPSA) is 76.1 Å². The SMILES string of the molecule is COC(=O)C(OC(C)(C)C)c1c(C)c2c(c(C)c1-c1ccc(Cl)cc1)CN(C(=O)O)C2. The van der Waals surface area contributed by atoms with Crippen molar-refractivity contribution in [3.8, 4) is 11.1 Å². The summed E-state index contributed by atoms with van der Waals surface area (Å²) in [7, 11) is 1.34. The lowest BCUT2D eigenvalue weighted by atomic mass is 9.83. The molecule has 0 spiro atoms. The zero-order valence-electron chi connectivity index (χ0n) is 18.7. The highest BCUT2D eigenvalue weighted by Crippen LogP contribution is 2.44. The summed E-state index contributed by atoms with van der Waals surface area (Å²) < 4.78 is 11.3. The molecule has 0 bridgehead atoms. The van der Waals surface area contributed by atoms with Crippen LogP contribution in [-0.4, -0.2) is 34.8 Å². The first-order valence-corrected chi connectivity index (χ1v) is 10.5. The van der Waals surface area contributed by atoms with Crippen LogP contribution < -0.4 is 0 Å². The average Bonchev–Trinajstić information content (AvgIpc) is 3.15. The monoisotopic (exact) mass is 445 g/mol. The van der Waals surface area contributed by atoms with Gasteiger partial charge in [0.1, 0.15) is 0 Å². The number of halogens is 1. The Balaban J connectivity index is 2.34. The third kappa shape index (κ3) is 4.55. The highest BCUT2D eigenvalue weighted by atomic mass is 35.5. The van der Waals surface area contributed by atoms with Gasteiger partial charge in [-0.2, -0.15) is 0 Å². The summed E-state index contributed by atoms with van der Waals surface area (Å²) in [5, 5.41) is 10.2. The minimum atomic E-state index is -0.972. The van der Waals surface area contributed by atoms with Crippen molar-refractivity contribution >= 4 is 23.7 Å². The summed E-state index contributed by atoms with van der Waals surface area (Å²) >= 11 is 6.11. The largest absolute Gasteiger partial charge is 0.467 e. The van der Waals surface area contributed by atoms with Crippen molar-refractivity contribution in [3.05, 3.63) is 57.1 Å². The second kappa shape index (κ2) is 8.52. The maximum Gasteiger partial charge on any atom is 0.407 e. The second-order valence-electron chi connectivity index (χ2n) is 8.77. The van der Waals surface area contributed by atoms with E-state index in [4.69, 9.17) is 21.1 Å². The third-order valence-corrected chi connectivity index (χ3v) is 5.82. The Morgan fingerprint density at radius 2 is 1.61 bits per heavy atom. The summed E-state index contributed by atoms with van der Waals surface area (Å²) in [5.74, 6) is -0.499. The average molecular weight is 446 g/mol. The van der Waals surface area contributed by atoms with Crippen LogP contribution in [0.3, 0.4) is 0 Å². The van der Waals surface area contributed by atoms with Gasteiger partial charge in [0, 0.05) is 23.7 Å². The van der Waals surface area contributed by atoms with Gasteiger partial charge >= 0.3 is 12.1 Å². The Morgan fingerprint density at radius 1 is 1.06 bits per heavy atom. The van der Waals surface area contributed by atoms with Crippen LogP contribution in [-0.2, 0) is 27.4 Å². The molecular weight excluding hydrogens is 418 g/mol. The minimum absolute atomic E-state index is 0.272. The Bertz CT molecular complexity index is 1020. The molecule has 31 heavy (non-hydrogen) atoms. The van der Waals surface area contributed by atoms with Crippen molar-refractivity contribution in [1.82, 2.24) is 4.90 Å². The molecule has 1 atom stereocenters. The smallest absolute Gasteiger partial charge is 0.407 e. The van der Waals surface area contributed by atoms with Gasteiger partial charge in [0.25, 0.3) is 0 Å². The number of hydrogen-bond acceptors (Lipinski definition) is 4. The highest BCUT2D eigenvalue weighted by molar-refractivity contribution is 6.30. The van der Waals surface area contributed by atoms with Crippen LogP contribution in [0.15, 0.2) is 24.3 Å². The Kier molecular flexibility index (Phi) is 6.35. The molecule has 2 aromatic rings. The van der Waals surface area contributed by atoms with E-state index in [-0.39, 0.29) is 6.54 Å². The number of ether oxygens (including phenoxy) is 2. The molecule has 0 radical (unpaired) electrons. The van der Waals surface area contributed by atoms with Crippen LogP contribution in [0.2, 0.25) is 5.02 Å². The molecule has 0 aliphatic carbocycles. The first-order chi connectivity index (χ1) is 14.4. The third-order valence-electron chi connectivity index (χ3n) is 5.57. The van der Waals surface area contributed by atoms with Crippen LogP contribution in [0, 0.1) is 13.8 Å². The van der Waals surface area contributed by atoms with E-state index in [0.29, 0.717) is 17.1 Å². The molecule has 1 unspecified atom stereocenters. The van der Waals surface area contributed by atoms with E-state index in [1.165, 1.54) is 12.0 Å². The van der Waals surface area contributed by atoms with Gasteiger partial charge in [0.15, 0.2) is 6.10 Å². The maximum absolute atomic E-state index is 12.9. The lowest BCUT2D eigenvalue weighted by Gasteiger charge is -2.30. The van der Waals surface area contributed by atoms with E-state index in [2.05, 4.69) is 0 Å². The molecule has 0 saturated carbocycles. The fourth-order valence-corrected chi connectivity index (χ4v) is 4.28. The molecule has 2 aromatic carbocycles. The van der Waals surface area contributed by atoms with Crippen LogP contribution in [0.5, 0.6) is 0 Å². The van der Waals surface area contributed by atoms with E-state index in [0.717, 1.165) is 33.4 Å². The fourth-order valence-electron chi connectivity index (χ4n) is 4.16. The highest BCUT2D eigenvalue weighted by Gasteiger charge is 2.36. The zero-order valence-corrected chi connectivity index (χ0v) is 19.5. The summed E-state index contributed by atoms with van der Waals surface area (Å²) in [5.41, 5.74) is 5.46. The number of amides is 1. The molecule has 0 aromatic heterocycles. The van der Waals surface area contributed by atoms with Gasteiger partial charge in [-0.15, -0.1) is 0 Å². The lowest BCUT2D eigenvalue weighted by Crippen LogP contribution is -2.29. The summed E-state index contributed by atoms with van der Waals surface area (Å²) in [6.07, 6.45) is -1.93. The molecule has 6 nitrogen and oxygen atoms in total. The number of esters is 1. The molecular formula is C24H28ClNO5. The van der Waals surface area contributed by atoms with Gasteiger partial charge in [0.2, 0.25) is 0 Å². The van der Waals surface area contributed by atoms with E-state index in [1.807, 2.05) is 46.8 Å². The number of benzene rings is 2. The molecule has 1 aliphatic heterocycles. The van der Waals surface area contributed by atoms with Crippen molar-refractivity contribution in [3.63, 3.8) is 0 Å². The fraction of sp³-hybridized carbons (Fsp3) is 0.417. The quantitative estimate of drug-likeness (QED) is 0.615. The van der Waals surface area contributed by atoms with Gasteiger partial charge in [0.05, 0.1) is 12.7 Å². The molecule has 1 heterocycles. The van der Waals surface area contributed by atoms with E-state index in [1.54, 1.807) is 12.1 Å². The predicted octanol–water partition coefficient (Wildman–Crippen LogP) is 5.65. The minimum Gasteiger partial charge on any atom is -0.467 e. The molecule has 0 fully saturated rings. The number of fused-ring (bicyclic) bond motifs is 1. The van der Waals surface area contributed by atoms with Gasteiger partial charge in [-0.3, -0.25) is 4.90 Å². The zero-order chi connectivity index (χ0) is 23.1. The number of carboxylic acid groups (broad SMARTS) is 1. The molecule has 1 N–H and O–H groups in total. The first kappa shape index (κ1) is 23.1. The second-order valence-corrected chi connectivity index (χ2v) is 9.21. The number of methoxy groups -OCH3 is 1. The molecule has 0 saturated heterocycles. The van der Waals surface area contributed by atoms with Crippen LogP contribution in [0.25, 0.3) is 11.1 Å². The predicted molar refractivity (Wildman–Crippen MR) is 119 cm³/mol. The number of nitrogens with zero attached hydrogens (tertiary/aromatic N) is 1. The van der Waals surface area contributed by atoms with Crippen molar-refractivity contribution in [1.29, 1.82) is 0 Å². The summed E-state index contributed by atoms with van der Waals surface area (Å²) in [4.78, 5) is 25.9. The number of rotatable bonds is 4. The molecule has 3 rings (SSSR count). The molecule has 166 valence electrons. The normalized spacial score (nSPS) is 14.4. The van der Waals surface area contributed by atoms with Crippen molar-refractivity contribution in [2.75, 3.05) is 7.11 Å². The number of carbonyl (C=O) groups is 2. The van der Waals surface area contributed by atoms with E-state index in [9.17, 15) is 14.7 Å². The van der Waals surface area contributed by atoms with Crippen LogP contribution in [0.4, 0.5) is 4.79 Å². The first-order valence-electron chi connectivity index (χ1n) is 10.1. The summed E-state index contributed by atoms with van der Waals surface area (Å²) in [6, 6.07) is 7.39. The maximum atomic E-state index is 12.9. The van der Waals surface area contributed by atoms with Gasteiger partial charge in [-0.1, -0.05) is 23.7 Å². The van der Waals surface area contributed by atoms with Crippen molar-refractivity contribution in [2.45, 2.75) is 59.4 Å². The Labute approximate surface area is 187 Å². The Morgan fingerprint density at radius 3 is 2.10 bits per heavy atom. The van der Waals surface area contributed by atoms with Crippen LogP contribution in [0.1, 0.15) is 54.7 Å². The number of carbonyl (C=O) groups excluding carboxylic acids is 1. The van der Waals surface area contributed by atoms with Crippen LogP contribution >= 0.6 is 11.6 Å². The van der Waals surface area contributed by atoms with E-state index >= 15 is 0 Å². The standard InChI is InChI=1S/C24H28ClNO5/c1-13-17-11-26(23(28)29)12-18(17)14(2)20(19(13)15-7-9-16(25)10-8-15)21(22(27)30-6)31-24(3,4)5/h7-10,21H,11-12H2,1-6H3,(H,28,29). The molecule has 7 heteroatoms. The van der Waals surface area contributed by atoms with Crippen molar-refractivity contribution in [2.24, 2.45) is 0 Å².